The summed E-state index contributed by atoms with van der Waals surface area (Å²) in [5.74, 6) is 1.29. The number of aromatic amines is 1. The molecule has 29 heavy (non-hydrogen) atoms. The molecule has 2 heterocycles. The van der Waals surface area contributed by atoms with Gasteiger partial charge in [-0.1, -0.05) is 42.4 Å². The molecule has 0 fully saturated rings. The topological polar surface area (TPSA) is 101 Å². The van der Waals surface area contributed by atoms with E-state index in [-0.39, 0.29) is 11.3 Å². The Kier molecular flexibility index (Phi) is 5.18. The number of nitrogens with one attached hydrogen (secondary N) is 2. The van der Waals surface area contributed by atoms with E-state index in [1.165, 1.54) is 17.8 Å². The highest BCUT2D eigenvalue weighted by atomic mass is 32.2. The summed E-state index contributed by atoms with van der Waals surface area (Å²) in [6.45, 7) is 3.93. The molecule has 7 nitrogen and oxygen atoms in total. The molecule has 0 aliphatic heterocycles. The zero-order chi connectivity index (χ0) is 20.4. The van der Waals surface area contributed by atoms with E-state index in [4.69, 9.17) is 4.42 Å². The van der Waals surface area contributed by atoms with Crippen molar-refractivity contribution in [2.24, 2.45) is 0 Å². The molecular formula is C21H18N4O3S. The van der Waals surface area contributed by atoms with Crippen LogP contribution in [0.25, 0.3) is 22.3 Å². The number of aromatic nitrogens is 3. The number of hydrogen-bond acceptors (Lipinski definition) is 6. The first kappa shape index (κ1) is 18.9. The summed E-state index contributed by atoms with van der Waals surface area (Å²) in [6.07, 6.45) is 0. The molecule has 0 aliphatic carbocycles. The Bertz CT molecular complexity index is 1250. The van der Waals surface area contributed by atoms with Crippen molar-refractivity contribution < 1.29 is 9.21 Å². The van der Waals surface area contributed by atoms with Crippen LogP contribution in [0, 0.1) is 6.92 Å². The van der Waals surface area contributed by atoms with Gasteiger partial charge in [-0.05, 0) is 36.9 Å². The Balaban J connectivity index is 1.55. The first-order valence-corrected chi connectivity index (χ1v) is 10.0. The molecule has 0 aliphatic rings. The summed E-state index contributed by atoms with van der Waals surface area (Å²) in [5, 5.41) is 10.5. The molecule has 2 N–H and O–H groups in total. The van der Waals surface area contributed by atoms with Gasteiger partial charge in [0.05, 0.1) is 5.39 Å². The maximum absolute atomic E-state index is 12.4. The van der Waals surface area contributed by atoms with Crippen LogP contribution in [0.1, 0.15) is 22.8 Å². The van der Waals surface area contributed by atoms with Crippen molar-refractivity contribution in [1.29, 1.82) is 0 Å². The zero-order valence-corrected chi connectivity index (χ0v) is 16.7. The van der Waals surface area contributed by atoms with Gasteiger partial charge in [-0.25, -0.2) is 5.10 Å². The number of anilines is 1. The van der Waals surface area contributed by atoms with Crippen LogP contribution in [0.3, 0.4) is 0 Å². The number of rotatable bonds is 5. The molecule has 146 valence electrons. The predicted molar refractivity (Wildman–Crippen MR) is 113 cm³/mol. The summed E-state index contributed by atoms with van der Waals surface area (Å²) < 4.78 is 5.88. The summed E-state index contributed by atoms with van der Waals surface area (Å²) >= 11 is 1.48. The molecule has 0 saturated carbocycles. The van der Waals surface area contributed by atoms with E-state index >= 15 is 0 Å². The molecular weight excluding hydrogens is 388 g/mol. The van der Waals surface area contributed by atoms with Crippen molar-refractivity contribution in [3.05, 3.63) is 69.9 Å². The van der Waals surface area contributed by atoms with Gasteiger partial charge >= 0.3 is 0 Å². The van der Waals surface area contributed by atoms with E-state index in [2.05, 4.69) is 20.5 Å². The average molecular weight is 406 g/mol. The lowest BCUT2D eigenvalue weighted by atomic mass is 10.1. The molecule has 2 aromatic carbocycles. The lowest BCUT2D eigenvalue weighted by Gasteiger charge is -2.06. The van der Waals surface area contributed by atoms with E-state index in [1.54, 1.807) is 30.3 Å². The number of aryl methyl sites for hydroxylation is 1. The Morgan fingerprint density at radius 2 is 1.97 bits per heavy atom. The molecule has 8 heteroatoms. The van der Waals surface area contributed by atoms with Gasteiger partial charge in [-0.2, -0.15) is 4.98 Å². The van der Waals surface area contributed by atoms with Gasteiger partial charge in [0, 0.05) is 17.2 Å². The molecule has 0 saturated heterocycles. The van der Waals surface area contributed by atoms with E-state index < -0.39 is 0 Å². The van der Waals surface area contributed by atoms with Crippen molar-refractivity contribution in [2.45, 2.75) is 19.0 Å². The van der Waals surface area contributed by atoms with Gasteiger partial charge in [0.1, 0.15) is 11.3 Å². The third-order valence-corrected chi connectivity index (χ3v) is 5.01. The minimum absolute atomic E-state index is 0.0992. The monoisotopic (exact) mass is 406 g/mol. The third-order valence-electron chi connectivity index (χ3n) is 4.28. The molecule has 2 aromatic heterocycles. The minimum atomic E-state index is -0.309. The normalized spacial score (nSPS) is 11.0. The van der Waals surface area contributed by atoms with Gasteiger partial charge in [-0.15, -0.1) is 5.10 Å². The number of carbonyl (C=O) groups excluding carboxylic acids is 1. The summed E-state index contributed by atoms with van der Waals surface area (Å²) in [5.41, 5.74) is 2.60. The fourth-order valence-corrected chi connectivity index (χ4v) is 3.40. The number of thioether (sulfide) groups is 1. The van der Waals surface area contributed by atoms with Gasteiger partial charge in [0.2, 0.25) is 11.1 Å². The van der Waals surface area contributed by atoms with E-state index in [0.717, 1.165) is 11.3 Å². The predicted octanol–water partition coefficient (Wildman–Crippen LogP) is 4.25. The number of H-pyrrole nitrogens is 1. The first-order valence-electron chi connectivity index (χ1n) is 9.05. The maximum Gasteiger partial charge on any atom is 0.258 e. The van der Waals surface area contributed by atoms with Gasteiger partial charge < -0.3 is 4.42 Å². The van der Waals surface area contributed by atoms with Crippen LogP contribution in [0.15, 0.2) is 62.9 Å². The summed E-state index contributed by atoms with van der Waals surface area (Å²) in [7, 11) is 0. The van der Waals surface area contributed by atoms with Gasteiger partial charge in [0.15, 0.2) is 5.43 Å². The Hall–Kier alpha value is -3.39. The maximum atomic E-state index is 12.4. The van der Waals surface area contributed by atoms with E-state index in [9.17, 15) is 9.59 Å². The highest BCUT2D eigenvalue weighted by Crippen LogP contribution is 2.23. The molecule has 0 unspecified atom stereocenters. The number of fused-ring (bicyclic) bond motifs is 1. The number of nitrogens with zero attached hydrogens (tertiary/aromatic N) is 2. The quantitative estimate of drug-likeness (QED) is 0.481. The molecule has 0 radical (unpaired) electrons. The molecule has 0 spiro atoms. The SMILES string of the molecule is CCSc1n[nH]c(NC(=O)c2ccc(-c3cc(=O)c4cc(C)ccc4o3)cc2)n1. The highest BCUT2D eigenvalue weighted by molar-refractivity contribution is 7.99. The second kappa shape index (κ2) is 7.92. The molecule has 4 rings (SSSR count). The van der Waals surface area contributed by atoms with Crippen molar-refractivity contribution in [2.75, 3.05) is 11.1 Å². The third kappa shape index (κ3) is 4.07. The fraction of sp³-hybridized carbons (Fsp3) is 0.143. The highest BCUT2D eigenvalue weighted by Gasteiger charge is 2.12. The van der Waals surface area contributed by atoms with Crippen LogP contribution in [-0.4, -0.2) is 26.8 Å². The van der Waals surface area contributed by atoms with Crippen LogP contribution < -0.4 is 10.7 Å². The second-order valence-corrected chi connectivity index (χ2v) is 7.64. The van der Waals surface area contributed by atoms with Crippen LogP contribution in [0.5, 0.6) is 0 Å². The van der Waals surface area contributed by atoms with Crippen LogP contribution in [-0.2, 0) is 0 Å². The Morgan fingerprint density at radius 1 is 1.17 bits per heavy atom. The molecule has 4 aromatic rings. The van der Waals surface area contributed by atoms with E-state index in [1.807, 2.05) is 26.0 Å². The fourth-order valence-electron chi connectivity index (χ4n) is 2.87. The van der Waals surface area contributed by atoms with Crippen molar-refractivity contribution in [1.82, 2.24) is 15.2 Å². The minimum Gasteiger partial charge on any atom is -0.456 e. The van der Waals surface area contributed by atoms with Crippen LogP contribution in [0.4, 0.5) is 5.95 Å². The molecule has 0 atom stereocenters. The van der Waals surface area contributed by atoms with E-state index in [0.29, 0.717) is 39.0 Å². The first-order chi connectivity index (χ1) is 14.0. The number of hydrogen-bond donors (Lipinski definition) is 2. The van der Waals surface area contributed by atoms with Gasteiger partial charge in [0.25, 0.3) is 5.91 Å². The Morgan fingerprint density at radius 3 is 2.72 bits per heavy atom. The summed E-state index contributed by atoms with van der Waals surface area (Å²) in [6, 6.07) is 13.8. The van der Waals surface area contributed by atoms with Crippen LogP contribution >= 0.6 is 11.8 Å². The lowest BCUT2D eigenvalue weighted by Crippen LogP contribution is -2.12. The molecule has 0 bridgehead atoms. The average Bonchev–Trinajstić information content (AvgIpc) is 3.15. The smallest absolute Gasteiger partial charge is 0.258 e. The zero-order valence-electron chi connectivity index (χ0n) is 15.9. The Labute approximate surface area is 170 Å². The van der Waals surface area contributed by atoms with Crippen molar-refractivity contribution in [3.63, 3.8) is 0 Å². The number of benzene rings is 2. The standard InChI is InChI=1S/C21H18N4O3S/c1-3-29-21-23-20(24-25-21)22-19(27)14-7-5-13(6-8-14)18-11-16(26)15-10-12(2)4-9-17(15)28-18/h4-11H,3H2,1-2H3,(H2,22,23,24,25,27). The summed E-state index contributed by atoms with van der Waals surface area (Å²) in [4.78, 5) is 29.0. The lowest BCUT2D eigenvalue weighted by molar-refractivity contribution is 0.102. The number of carbonyl (C=O) groups is 1. The van der Waals surface area contributed by atoms with Crippen LogP contribution in [0.2, 0.25) is 0 Å². The molecule has 1 amide bonds. The van der Waals surface area contributed by atoms with Crippen molar-refractivity contribution >= 4 is 34.6 Å². The largest absolute Gasteiger partial charge is 0.456 e. The van der Waals surface area contributed by atoms with Crippen molar-refractivity contribution in [3.8, 4) is 11.3 Å². The van der Waals surface area contributed by atoms with Gasteiger partial charge in [-0.3, -0.25) is 14.9 Å². The second-order valence-electron chi connectivity index (χ2n) is 6.41. The number of amides is 1.